The van der Waals surface area contributed by atoms with E-state index in [4.69, 9.17) is 14.3 Å². The number of hydrogen-bond donors (Lipinski definition) is 1. The van der Waals surface area contributed by atoms with Crippen LogP contribution in [-0.4, -0.2) is 55.8 Å². The molecule has 1 aliphatic rings. The number of ether oxygens (including phenoxy) is 3. The molecule has 4 atom stereocenters. The van der Waals surface area contributed by atoms with Crippen LogP contribution in [0.1, 0.15) is 44.2 Å². The highest BCUT2D eigenvalue weighted by Crippen LogP contribution is 2.47. The highest BCUT2D eigenvalue weighted by atomic mass is 16.8. The summed E-state index contributed by atoms with van der Waals surface area (Å²) in [6.45, 7) is 6.64. The SMILES string of the molecule is COC(=O)ON1C[C@@H](c2ccc(OC)c(OC(C)CCc3ccccc3)c2)[C@](C)([C@@H](C)O)C1. The Hall–Kier alpha value is -2.77. The fraction of sp³-hybridized carbons (Fsp3) is 0.500. The largest absolute Gasteiger partial charge is 0.527 e. The molecule has 0 saturated carbocycles. The molecular formula is C26H35NO6. The number of aliphatic hydroxyl groups is 1. The fourth-order valence-corrected chi connectivity index (χ4v) is 4.38. The molecule has 1 N–H and O–H groups in total. The molecule has 7 heteroatoms. The standard InChI is InChI=1S/C26H35NO6/c1-18(11-12-20-9-7-6-8-10-20)32-24-15-21(13-14-23(24)30-4)22-16-27(33-25(29)31-5)17-26(22,3)19(2)28/h6-10,13-15,18-19,22,28H,11-12,16-17H2,1-5H3/t18?,19-,22+,26+/m1/s1. The molecule has 1 saturated heterocycles. The molecule has 0 bridgehead atoms. The molecule has 180 valence electrons. The Labute approximate surface area is 196 Å². The molecule has 0 spiro atoms. The van der Waals surface area contributed by atoms with E-state index in [1.165, 1.54) is 12.7 Å². The van der Waals surface area contributed by atoms with Crippen molar-refractivity contribution in [3.05, 3.63) is 59.7 Å². The van der Waals surface area contributed by atoms with Crippen LogP contribution in [-0.2, 0) is 16.0 Å². The first-order chi connectivity index (χ1) is 15.8. The van der Waals surface area contributed by atoms with Gasteiger partial charge in [-0.05, 0) is 49.9 Å². The summed E-state index contributed by atoms with van der Waals surface area (Å²) in [4.78, 5) is 16.9. The maximum atomic E-state index is 11.6. The molecule has 0 aromatic heterocycles. The number of methoxy groups -OCH3 is 2. The van der Waals surface area contributed by atoms with E-state index in [1.807, 2.05) is 43.3 Å². The van der Waals surface area contributed by atoms with Gasteiger partial charge in [0.2, 0.25) is 0 Å². The van der Waals surface area contributed by atoms with E-state index in [0.29, 0.717) is 24.6 Å². The number of nitrogens with zero attached hydrogens (tertiary/aromatic N) is 1. The van der Waals surface area contributed by atoms with Crippen LogP contribution >= 0.6 is 0 Å². The first kappa shape index (κ1) is 24.9. The lowest BCUT2D eigenvalue weighted by molar-refractivity contribution is -0.118. The Morgan fingerprint density at radius 2 is 1.88 bits per heavy atom. The maximum absolute atomic E-state index is 11.6. The molecule has 2 aromatic carbocycles. The fourth-order valence-electron chi connectivity index (χ4n) is 4.38. The van der Waals surface area contributed by atoms with Gasteiger partial charge in [-0.15, -0.1) is 5.06 Å². The van der Waals surface area contributed by atoms with Gasteiger partial charge in [-0.2, -0.15) is 0 Å². The van der Waals surface area contributed by atoms with E-state index in [1.54, 1.807) is 19.1 Å². The van der Waals surface area contributed by atoms with Crippen molar-refractivity contribution in [1.29, 1.82) is 0 Å². The van der Waals surface area contributed by atoms with Crippen LogP contribution in [0.15, 0.2) is 48.5 Å². The van der Waals surface area contributed by atoms with Crippen molar-refractivity contribution < 1.29 is 28.9 Å². The highest BCUT2D eigenvalue weighted by molar-refractivity contribution is 5.59. The van der Waals surface area contributed by atoms with Crippen LogP contribution in [0.2, 0.25) is 0 Å². The molecule has 1 aliphatic heterocycles. The zero-order valence-electron chi connectivity index (χ0n) is 20.1. The van der Waals surface area contributed by atoms with Crippen LogP contribution in [0.5, 0.6) is 11.5 Å². The van der Waals surface area contributed by atoms with Gasteiger partial charge in [0.15, 0.2) is 11.5 Å². The summed E-state index contributed by atoms with van der Waals surface area (Å²) in [6.07, 6.45) is 0.388. The second-order valence-corrected chi connectivity index (χ2v) is 8.97. The van der Waals surface area contributed by atoms with E-state index in [-0.39, 0.29) is 12.0 Å². The summed E-state index contributed by atoms with van der Waals surface area (Å²) in [5, 5.41) is 12.1. The van der Waals surface area contributed by atoms with E-state index < -0.39 is 17.7 Å². The van der Waals surface area contributed by atoms with Crippen LogP contribution in [0.25, 0.3) is 0 Å². The lowest BCUT2D eigenvalue weighted by atomic mass is 9.72. The third kappa shape index (κ3) is 5.97. The molecule has 2 aromatic rings. The summed E-state index contributed by atoms with van der Waals surface area (Å²) >= 11 is 0. The minimum atomic E-state index is -0.769. The van der Waals surface area contributed by atoms with Crippen molar-refractivity contribution in [2.24, 2.45) is 5.41 Å². The zero-order valence-corrected chi connectivity index (χ0v) is 20.1. The third-order valence-electron chi connectivity index (χ3n) is 6.62. The van der Waals surface area contributed by atoms with Crippen molar-refractivity contribution in [3.63, 3.8) is 0 Å². The number of benzene rings is 2. The Morgan fingerprint density at radius 3 is 2.52 bits per heavy atom. The number of hydrogen-bond acceptors (Lipinski definition) is 7. The molecule has 3 rings (SSSR count). The predicted octanol–water partition coefficient (Wildman–Crippen LogP) is 4.58. The van der Waals surface area contributed by atoms with Gasteiger partial charge in [0.1, 0.15) is 0 Å². The second kappa shape index (κ2) is 10.9. The molecule has 7 nitrogen and oxygen atoms in total. The molecule has 0 amide bonds. The Kier molecular flexibility index (Phi) is 8.21. The predicted molar refractivity (Wildman–Crippen MR) is 125 cm³/mol. The van der Waals surface area contributed by atoms with Gasteiger partial charge in [0, 0.05) is 24.4 Å². The Morgan fingerprint density at radius 1 is 1.15 bits per heavy atom. The van der Waals surface area contributed by atoms with Gasteiger partial charge < -0.3 is 24.2 Å². The average Bonchev–Trinajstić information content (AvgIpc) is 3.15. The number of aryl methyl sites for hydroxylation is 1. The van der Waals surface area contributed by atoms with Crippen LogP contribution in [0, 0.1) is 5.41 Å². The Balaban J connectivity index is 1.78. The molecular weight excluding hydrogens is 422 g/mol. The summed E-state index contributed by atoms with van der Waals surface area (Å²) in [5.41, 5.74) is 1.73. The number of rotatable bonds is 9. The van der Waals surface area contributed by atoms with E-state index in [2.05, 4.69) is 23.8 Å². The number of aliphatic hydroxyl groups excluding tert-OH is 1. The van der Waals surface area contributed by atoms with E-state index >= 15 is 0 Å². The van der Waals surface area contributed by atoms with E-state index in [0.717, 1.165) is 18.4 Å². The van der Waals surface area contributed by atoms with Gasteiger partial charge in [0.25, 0.3) is 0 Å². The quantitative estimate of drug-likeness (QED) is 0.552. The minimum Gasteiger partial charge on any atom is -0.493 e. The second-order valence-electron chi connectivity index (χ2n) is 8.97. The molecule has 1 heterocycles. The molecule has 0 radical (unpaired) electrons. The van der Waals surface area contributed by atoms with Crippen molar-refractivity contribution in [1.82, 2.24) is 5.06 Å². The van der Waals surface area contributed by atoms with E-state index in [9.17, 15) is 9.90 Å². The normalized spacial score (nSPS) is 22.4. The van der Waals surface area contributed by atoms with Crippen molar-refractivity contribution in [2.45, 2.75) is 51.7 Å². The van der Waals surface area contributed by atoms with Gasteiger partial charge in [0.05, 0.1) is 26.4 Å². The first-order valence-corrected chi connectivity index (χ1v) is 11.3. The highest BCUT2D eigenvalue weighted by Gasteiger charge is 2.48. The summed E-state index contributed by atoms with van der Waals surface area (Å²) in [5.74, 6) is 1.23. The summed E-state index contributed by atoms with van der Waals surface area (Å²) in [6, 6.07) is 16.2. The van der Waals surface area contributed by atoms with Crippen LogP contribution in [0.3, 0.4) is 0 Å². The zero-order chi connectivity index (χ0) is 24.0. The van der Waals surface area contributed by atoms with Gasteiger partial charge in [-0.1, -0.05) is 43.3 Å². The number of hydroxylamine groups is 2. The lowest BCUT2D eigenvalue weighted by Crippen LogP contribution is -2.37. The van der Waals surface area contributed by atoms with Gasteiger partial charge in [-0.25, -0.2) is 4.79 Å². The summed E-state index contributed by atoms with van der Waals surface area (Å²) < 4.78 is 16.5. The Bertz CT molecular complexity index is 918. The average molecular weight is 458 g/mol. The topological polar surface area (TPSA) is 77.5 Å². The van der Waals surface area contributed by atoms with Crippen LogP contribution < -0.4 is 9.47 Å². The number of carbonyl (C=O) groups excluding carboxylic acids is 1. The van der Waals surface area contributed by atoms with Gasteiger partial charge >= 0.3 is 6.16 Å². The monoisotopic (exact) mass is 457 g/mol. The lowest BCUT2D eigenvalue weighted by Gasteiger charge is -2.33. The smallest absolute Gasteiger partial charge is 0.493 e. The van der Waals surface area contributed by atoms with Gasteiger partial charge in [-0.3, -0.25) is 0 Å². The molecule has 33 heavy (non-hydrogen) atoms. The first-order valence-electron chi connectivity index (χ1n) is 11.3. The molecule has 0 aliphatic carbocycles. The third-order valence-corrected chi connectivity index (χ3v) is 6.62. The minimum absolute atomic E-state index is 0.0137. The summed E-state index contributed by atoms with van der Waals surface area (Å²) in [7, 11) is 2.90. The maximum Gasteiger partial charge on any atom is 0.527 e. The van der Waals surface area contributed by atoms with Crippen molar-refractivity contribution >= 4 is 6.16 Å². The molecule has 1 unspecified atom stereocenters. The van der Waals surface area contributed by atoms with Crippen molar-refractivity contribution in [3.8, 4) is 11.5 Å². The van der Waals surface area contributed by atoms with Crippen LogP contribution in [0.4, 0.5) is 4.79 Å². The number of carbonyl (C=O) groups is 1. The molecule has 1 fully saturated rings. The van der Waals surface area contributed by atoms with Crippen molar-refractivity contribution in [2.75, 3.05) is 27.3 Å².